The first kappa shape index (κ1) is 14.1. The van der Waals surface area contributed by atoms with E-state index < -0.39 is 0 Å². The molecule has 1 aromatic heterocycles. The summed E-state index contributed by atoms with van der Waals surface area (Å²) >= 11 is 0. The standard InChI is InChI=1S/C18H16N2O2/c1-2-22-16-10-9-13(12-7-5-11-20-17(12)16)18(21)14-6-3-4-8-15(14)19/h3-11H,2,19H2,1H3. The highest BCUT2D eigenvalue weighted by Crippen LogP contribution is 2.29. The van der Waals surface area contributed by atoms with E-state index in [1.807, 2.05) is 25.1 Å². The normalized spacial score (nSPS) is 10.6. The van der Waals surface area contributed by atoms with Gasteiger partial charge in [-0.15, -0.1) is 0 Å². The lowest BCUT2D eigenvalue weighted by Gasteiger charge is -2.11. The average Bonchev–Trinajstić information content (AvgIpc) is 2.55. The third-order valence-electron chi connectivity index (χ3n) is 3.48. The van der Waals surface area contributed by atoms with Crippen molar-refractivity contribution >= 4 is 22.4 Å². The summed E-state index contributed by atoms with van der Waals surface area (Å²) in [6.45, 7) is 2.46. The number of nitrogens with two attached hydrogens (primary N) is 1. The highest BCUT2D eigenvalue weighted by Gasteiger charge is 2.17. The summed E-state index contributed by atoms with van der Waals surface area (Å²) in [5.41, 5.74) is 8.15. The average molecular weight is 292 g/mol. The Labute approximate surface area is 128 Å². The summed E-state index contributed by atoms with van der Waals surface area (Å²) < 4.78 is 5.58. The SMILES string of the molecule is CCOc1ccc(C(=O)c2ccccc2N)c2cccnc12. The summed E-state index contributed by atoms with van der Waals surface area (Å²) in [7, 11) is 0. The third-order valence-corrected chi connectivity index (χ3v) is 3.48. The number of ether oxygens (including phenoxy) is 1. The Bertz CT molecular complexity index is 843. The number of ketones is 1. The Balaban J connectivity index is 2.18. The molecule has 0 aliphatic rings. The van der Waals surface area contributed by atoms with Gasteiger partial charge in [-0.05, 0) is 37.3 Å². The van der Waals surface area contributed by atoms with Gasteiger partial charge in [0.25, 0.3) is 0 Å². The van der Waals surface area contributed by atoms with Crippen molar-refractivity contribution in [1.82, 2.24) is 4.98 Å². The molecule has 0 atom stereocenters. The minimum Gasteiger partial charge on any atom is -0.492 e. The van der Waals surface area contributed by atoms with E-state index in [9.17, 15) is 4.79 Å². The summed E-state index contributed by atoms with van der Waals surface area (Å²) in [5.74, 6) is 0.565. The molecule has 0 aliphatic heterocycles. The smallest absolute Gasteiger partial charge is 0.195 e. The van der Waals surface area contributed by atoms with Gasteiger partial charge in [0.2, 0.25) is 0 Å². The van der Waals surface area contributed by atoms with Crippen LogP contribution < -0.4 is 10.5 Å². The van der Waals surface area contributed by atoms with Gasteiger partial charge in [-0.2, -0.15) is 0 Å². The minimum absolute atomic E-state index is 0.112. The molecule has 0 unspecified atom stereocenters. The minimum atomic E-state index is -0.112. The number of nitrogen functional groups attached to an aromatic ring is 1. The molecule has 0 amide bonds. The molecule has 0 saturated carbocycles. The number of fused-ring (bicyclic) bond motifs is 1. The predicted octanol–water partition coefficient (Wildman–Crippen LogP) is 3.45. The highest BCUT2D eigenvalue weighted by atomic mass is 16.5. The number of rotatable bonds is 4. The van der Waals surface area contributed by atoms with Crippen LogP contribution >= 0.6 is 0 Å². The van der Waals surface area contributed by atoms with Gasteiger partial charge in [0.15, 0.2) is 5.78 Å². The van der Waals surface area contributed by atoms with Crippen molar-refractivity contribution in [2.75, 3.05) is 12.3 Å². The van der Waals surface area contributed by atoms with Gasteiger partial charge in [-0.3, -0.25) is 9.78 Å². The van der Waals surface area contributed by atoms with Gasteiger partial charge in [0, 0.05) is 28.4 Å². The lowest BCUT2D eigenvalue weighted by atomic mass is 9.98. The molecule has 3 aromatic rings. The topological polar surface area (TPSA) is 65.2 Å². The van der Waals surface area contributed by atoms with E-state index >= 15 is 0 Å². The van der Waals surface area contributed by atoms with Crippen LogP contribution in [0.25, 0.3) is 10.9 Å². The number of carbonyl (C=O) groups excluding carboxylic acids is 1. The largest absolute Gasteiger partial charge is 0.492 e. The molecule has 0 spiro atoms. The van der Waals surface area contributed by atoms with Gasteiger partial charge < -0.3 is 10.5 Å². The van der Waals surface area contributed by atoms with Crippen LogP contribution in [-0.2, 0) is 0 Å². The maximum atomic E-state index is 12.8. The molecule has 2 aromatic carbocycles. The van der Waals surface area contributed by atoms with Crippen LogP contribution in [0, 0.1) is 0 Å². The number of para-hydroxylation sites is 1. The number of nitrogens with zero attached hydrogens (tertiary/aromatic N) is 1. The molecule has 0 bridgehead atoms. The number of hydrogen-bond donors (Lipinski definition) is 1. The Kier molecular flexibility index (Phi) is 3.74. The fourth-order valence-electron chi connectivity index (χ4n) is 2.47. The second-order valence-corrected chi connectivity index (χ2v) is 4.86. The van der Waals surface area contributed by atoms with Crippen molar-refractivity contribution in [3.05, 3.63) is 65.9 Å². The molecule has 22 heavy (non-hydrogen) atoms. The Morgan fingerprint density at radius 1 is 1.09 bits per heavy atom. The van der Waals surface area contributed by atoms with Crippen LogP contribution in [0.3, 0.4) is 0 Å². The van der Waals surface area contributed by atoms with Crippen LogP contribution in [0.1, 0.15) is 22.8 Å². The zero-order chi connectivity index (χ0) is 15.5. The number of pyridine rings is 1. The first-order chi connectivity index (χ1) is 10.7. The first-order valence-corrected chi connectivity index (χ1v) is 7.12. The van der Waals surface area contributed by atoms with E-state index in [4.69, 9.17) is 10.5 Å². The summed E-state index contributed by atoms with van der Waals surface area (Å²) in [4.78, 5) is 17.2. The van der Waals surface area contributed by atoms with Gasteiger partial charge in [-0.25, -0.2) is 0 Å². The maximum absolute atomic E-state index is 12.8. The number of anilines is 1. The van der Waals surface area contributed by atoms with Crippen molar-refractivity contribution in [1.29, 1.82) is 0 Å². The van der Waals surface area contributed by atoms with E-state index in [2.05, 4.69) is 4.98 Å². The molecule has 2 N–H and O–H groups in total. The van der Waals surface area contributed by atoms with Crippen molar-refractivity contribution in [3.63, 3.8) is 0 Å². The number of hydrogen-bond acceptors (Lipinski definition) is 4. The lowest BCUT2D eigenvalue weighted by molar-refractivity contribution is 0.104. The van der Waals surface area contributed by atoms with Gasteiger partial charge in [0.1, 0.15) is 11.3 Å². The van der Waals surface area contributed by atoms with Crippen LogP contribution in [0.4, 0.5) is 5.69 Å². The lowest BCUT2D eigenvalue weighted by Crippen LogP contribution is -2.06. The summed E-state index contributed by atoms with van der Waals surface area (Å²) in [6.07, 6.45) is 1.69. The van der Waals surface area contributed by atoms with Crippen LogP contribution in [0.5, 0.6) is 5.75 Å². The summed E-state index contributed by atoms with van der Waals surface area (Å²) in [6, 6.07) is 14.3. The maximum Gasteiger partial charge on any atom is 0.195 e. The van der Waals surface area contributed by atoms with Crippen LogP contribution in [0.15, 0.2) is 54.7 Å². The molecule has 4 heteroatoms. The molecule has 0 aliphatic carbocycles. The fraction of sp³-hybridized carbons (Fsp3) is 0.111. The van der Waals surface area contributed by atoms with Crippen LogP contribution in [-0.4, -0.2) is 17.4 Å². The second kappa shape index (κ2) is 5.85. The van der Waals surface area contributed by atoms with E-state index in [1.54, 1.807) is 36.5 Å². The zero-order valence-corrected chi connectivity index (χ0v) is 12.2. The fourth-order valence-corrected chi connectivity index (χ4v) is 2.47. The summed E-state index contributed by atoms with van der Waals surface area (Å²) in [5, 5.41) is 0.765. The highest BCUT2D eigenvalue weighted by molar-refractivity contribution is 6.18. The molecule has 0 saturated heterocycles. The van der Waals surface area contributed by atoms with E-state index in [-0.39, 0.29) is 5.78 Å². The van der Waals surface area contributed by atoms with E-state index in [1.165, 1.54) is 0 Å². The quantitative estimate of drug-likeness (QED) is 0.591. The molecule has 110 valence electrons. The van der Waals surface area contributed by atoms with Crippen molar-refractivity contribution in [2.45, 2.75) is 6.92 Å². The monoisotopic (exact) mass is 292 g/mol. The van der Waals surface area contributed by atoms with Crippen molar-refractivity contribution in [2.24, 2.45) is 0 Å². The van der Waals surface area contributed by atoms with Gasteiger partial charge in [-0.1, -0.05) is 18.2 Å². The Morgan fingerprint density at radius 3 is 2.68 bits per heavy atom. The Morgan fingerprint density at radius 2 is 1.91 bits per heavy atom. The second-order valence-electron chi connectivity index (χ2n) is 4.86. The molecular formula is C18H16N2O2. The molecule has 3 rings (SSSR count). The van der Waals surface area contributed by atoms with E-state index in [0.717, 1.165) is 5.39 Å². The molecular weight excluding hydrogens is 276 g/mol. The number of benzene rings is 2. The number of carbonyl (C=O) groups is 1. The molecule has 4 nitrogen and oxygen atoms in total. The zero-order valence-electron chi connectivity index (χ0n) is 12.2. The molecule has 1 heterocycles. The third kappa shape index (κ3) is 2.39. The van der Waals surface area contributed by atoms with E-state index in [0.29, 0.717) is 34.7 Å². The van der Waals surface area contributed by atoms with Gasteiger partial charge in [0.05, 0.1) is 6.61 Å². The first-order valence-electron chi connectivity index (χ1n) is 7.12. The van der Waals surface area contributed by atoms with Crippen LogP contribution in [0.2, 0.25) is 0 Å². The predicted molar refractivity (Wildman–Crippen MR) is 87.2 cm³/mol. The van der Waals surface area contributed by atoms with Gasteiger partial charge >= 0.3 is 0 Å². The van der Waals surface area contributed by atoms with Crippen molar-refractivity contribution in [3.8, 4) is 5.75 Å². The van der Waals surface area contributed by atoms with Crippen molar-refractivity contribution < 1.29 is 9.53 Å². The molecule has 0 radical (unpaired) electrons. The number of aromatic nitrogens is 1. The molecule has 0 fully saturated rings. The Hall–Kier alpha value is -2.88.